The standard InChI is InChI=1S/C28H32N2O3S/c1-19-13-14-20(2)25(16-19)30(26(31)18-24-12-7-15-34-24)27(21-8-6-11-23(17-21)33-3)28(32)29-22-9-4-5-10-22/h6-8,11-17,22,27H,4-5,9-10,18H2,1-3H3,(H,29,32)/t27-/m1/s1. The molecule has 1 aromatic heterocycles. The van der Waals surface area contributed by atoms with Gasteiger partial charge in [-0.3, -0.25) is 14.5 Å². The lowest BCUT2D eigenvalue weighted by Gasteiger charge is -2.33. The SMILES string of the molecule is COc1cccc([C@H](C(=O)NC2CCCC2)N(C(=O)Cc2cccs2)c2cc(C)ccc2C)c1. The number of aryl methyl sites for hydroxylation is 2. The Labute approximate surface area is 205 Å². The summed E-state index contributed by atoms with van der Waals surface area (Å²) >= 11 is 1.55. The topological polar surface area (TPSA) is 58.6 Å². The Morgan fingerprint density at radius 2 is 1.88 bits per heavy atom. The minimum atomic E-state index is -0.802. The molecule has 1 N–H and O–H groups in total. The van der Waals surface area contributed by atoms with Crippen molar-refractivity contribution in [2.75, 3.05) is 12.0 Å². The molecule has 0 saturated heterocycles. The van der Waals surface area contributed by atoms with Crippen molar-refractivity contribution in [3.8, 4) is 5.75 Å². The Morgan fingerprint density at radius 3 is 2.59 bits per heavy atom. The van der Waals surface area contributed by atoms with E-state index in [2.05, 4.69) is 5.32 Å². The number of rotatable bonds is 8. The first-order valence-electron chi connectivity index (χ1n) is 11.8. The van der Waals surface area contributed by atoms with Gasteiger partial charge in [0.15, 0.2) is 0 Å². The molecule has 1 aliphatic rings. The zero-order chi connectivity index (χ0) is 24.1. The minimum Gasteiger partial charge on any atom is -0.497 e. The van der Waals surface area contributed by atoms with Gasteiger partial charge in [0.05, 0.1) is 13.5 Å². The van der Waals surface area contributed by atoms with E-state index in [9.17, 15) is 9.59 Å². The first kappa shape index (κ1) is 24.0. The third-order valence-corrected chi connectivity index (χ3v) is 7.29. The summed E-state index contributed by atoms with van der Waals surface area (Å²) in [6, 6.07) is 16.8. The highest BCUT2D eigenvalue weighted by Gasteiger charge is 2.35. The molecule has 0 aliphatic heterocycles. The average Bonchev–Trinajstić information content (AvgIpc) is 3.53. The number of ether oxygens (including phenoxy) is 1. The maximum absolute atomic E-state index is 13.9. The molecule has 1 fully saturated rings. The number of carbonyl (C=O) groups excluding carboxylic acids is 2. The van der Waals surface area contributed by atoms with E-state index in [4.69, 9.17) is 4.74 Å². The molecule has 34 heavy (non-hydrogen) atoms. The summed E-state index contributed by atoms with van der Waals surface area (Å²) in [6.45, 7) is 3.99. The van der Waals surface area contributed by atoms with Crippen LogP contribution in [0.4, 0.5) is 5.69 Å². The monoisotopic (exact) mass is 476 g/mol. The van der Waals surface area contributed by atoms with Crippen LogP contribution in [0.15, 0.2) is 60.0 Å². The van der Waals surface area contributed by atoms with Gasteiger partial charge in [-0.05, 0) is 73.0 Å². The fourth-order valence-corrected chi connectivity index (χ4v) is 5.32. The lowest BCUT2D eigenvalue weighted by atomic mass is 9.99. The first-order valence-corrected chi connectivity index (χ1v) is 12.7. The molecule has 5 nitrogen and oxygen atoms in total. The third-order valence-electron chi connectivity index (χ3n) is 6.42. The van der Waals surface area contributed by atoms with Crippen molar-refractivity contribution < 1.29 is 14.3 Å². The van der Waals surface area contributed by atoms with E-state index in [-0.39, 0.29) is 24.3 Å². The van der Waals surface area contributed by atoms with E-state index < -0.39 is 6.04 Å². The summed E-state index contributed by atoms with van der Waals surface area (Å²) in [6.07, 6.45) is 4.42. The van der Waals surface area contributed by atoms with Gasteiger partial charge in [0, 0.05) is 16.6 Å². The van der Waals surface area contributed by atoms with Crippen LogP contribution < -0.4 is 15.0 Å². The molecule has 0 unspecified atom stereocenters. The van der Waals surface area contributed by atoms with Gasteiger partial charge in [0.2, 0.25) is 11.8 Å². The maximum Gasteiger partial charge on any atom is 0.248 e. The lowest BCUT2D eigenvalue weighted by molar-refractivity contribution is -0.127. The van der Waals surface area contributed by atoms with Crippen molar-refractivity contribution in [2.24, 2.45) is 0 Å². The molecule has 6 heteroatoms. The van der Waals surface area contributed by atoms with Gasteiger partial charge in [-0.15, -0.1) is 11.3 Å². The minimum absolute atomic E-state index is 0.106. The van der Waals surface area contributed by atoms with Crippen LogP contribution in [0.2, 0.25) is 0 Å². The molecule has 1 heterocycles. The number of hydrogen-bond acceptors (Lipinski definition) is 4. The number of methoxy groups -OCH3 is 1. The van der Waals surface area contributed by atoms with Gasteiger partial charge in [-0.1, -0.05) is 43.2 Å². The molecule has 178 valence electrons. The van der Waals surface area contributed by atoms with E-state index in [1.54, 1.807) is 23.3 Å². The molecule has 0 radical (unpaired) electrons. The second kappa shape index (κ2) is 10.9. The Balaban J connectivity index is 1.82. The van der Waals surface area contributed by atoms with Gasteiger partial charge in [-0.2, -0.15) is 0 Å². The molecular formula is C28H32N2O3S. The summed E-state index contributed by atoms with van der Waals surface area (Å²) in [5, 5.41) is 5.21. The molecule has 1 atom stereocenters. The fraction of sp³-hybridized carbons (Fsp3) is 0.357. The number of anilines is 1. The molecule has 1 aliphatic carbocycles. The molecule has 4 rings (SSSR count). The number of nitrogens with one attached hydrogen (secondary N) is 1. The number of nitrogens with zero attached hydrogens (tertiary/aromatic N) is 1. The maximum atomic E-state index is 13.9. The number of benzene rings is 2. The van der Waals surface area contributed by atoms with E-state index >= 15 is 0 Å². The van der Waals surface area contributed by atoms with Gasteiger partial charge in [0.1, 0.15) is 11.8 Å². The fourth-order valence-electron chi connectivity index (χ4n) is 4.62. The van der Waals surface area contributed by atoms with Crippen LogP contribution in [0.5, 0.6) is 5.75 Å². The Kier molecular flexibility index (Phi) is 7.68. The van der Waals surface area contributed by atoms with Crippen molar-refractivity contribution in [3.05, 3.63) is 81.5 Å². The van der Waals surface area contributed by atoms with Crippen molar-refractivity contribution >= 4 is 28.8 Å². The van der Waals surface area contributed by atoms with Crippen LogP contribution >= 0.6 is 11.3 Å². The van der Waals surface area contributed by atoms with Crippen LogP contribution in [-0.2, 0) is 16.0 Å². The molecule has 0 spiro atoms. The van der Waals surface area contributed by atoms with Crippen molar-refractivity contribution in [2.45, 2.75) is 58.0 Å². The smallest absolute Gasteiger partial charge is 0.248 e. The van der Waals surface area contributed by atoms with E-state index in [1.165, 1.54) is 0 Å². The van der Waals surface area contributed by atoms with Crippen molar-refractivity contribution in [3.63, 3.8) is 0 Å². The van der Waals surface area contributed by atoms with E-state index in [0.29, 0.717) is 5.75 Å². The van der Waals surface area contributed by atoms with E-state index in [1.807, 2.05) is 73.8 Å². The van der Waals surface area contributed by atoms with Crippen LogP contribution in [0.1, 0.15) is 53.3 Å². The quantitative estimate of drug-likeness (QED) is 0.450. The van der Waals surface area contributed by atoms with Gasteiger partial charge in [-0.25, -0.2) is 0 Å². The van der Waals surface area contributed by atoms with Crippen molar-refractivity contribution in [1.29, 1.82) is 0 Å². The highest BCUT2D eigenvalue weighted by atomic mass is 32.1. The van der Waals surface area contributed by atoms with Crippen LogP contribution in [0, 0.1) is 13.8 Å². The van der Waals surface area contributed by atoms with Gasteiger partial charge >= 0.3 is 0 Å². The van der Waals surface area contributed by atoms with Gasteiger partial charge in [0.25, 0.3) is 0 Å². The van der Waals surface area contributed by atoms with E-state index in [0.717, 1.165) is 52.9 Å². The number of amides is 2. The zero-order valence-electron chi connectivity index (χ0n) is 20.0. The number of thiophene rings is 1. The summed E-state index contributed by atoms with van der Waals surface area (Å²) in [5.74, 6) is 0.397. The first-order chi connectivity index (χ1) is 16.5. The lowest BCUT2D eigenvalue weighted by Crippen LogP contribution is -2.47. The predicted octanol–water partition coefficient (Wildman–Crippen LogP) is 5.75. The molecule has 0 bridgehead atoms. The third kappa shape index (κ3) is 5.50. The predicted molar refractivity (Wildman–Crippen MR) is 138 cm³/mol. The average molecular weight is 477 g/mol. The summed E-state index contributed by atoms with van der Waals surface area (Å²) < 4.78 is 5.46. The molecule has 1 saturated carbocycles. The highest BCUT2D eigenvalue weighted by Crippen LogP contribution is 2.34. The molecule has 2 amide bonds. The number of hydrogen-bond donors (Lipinski definition) is 1. The largest absolute Gasteiger partial charge is 0.497 e. The second-order valence-corrected chi connectivity index (χ2v) is 10.0. The Hall–Kier alpha value is -3.12. The highest BCUT2D eigenvalue weighted by molar-refractivity contribution is 7.10. The summed E-state index contributed by atoms with van der Waals surface area (Å²) in [7, 11) is 1.61. The van der Waals surface area contributed by atoms with Gasteiger partial charge < -0.3 is 10.1 Å². The Morgan fingerprint density at radius 1 is 1.09 bits per heavy atom. The molecule has 3 aromatic rings. The van der Waals surface area contributed by atoms with Crippen LogP contribution in [0.25, 0.3) is 0 Å². The summed E-state index contributed by atoms with van der Waals surface area (Å²) in [4.78, 5) is 30.4. The normalized spacial score (nSPS) is 14.6. The molecule has 2 aromatic carbocycles. The number of carbonyl (C=O) groups is 2. The van der Waals surface area contributed by atoms with Crippen LogP contribution in [0.3, 0.4) is 0 Å². The Bertz CT molecular complexity index is 1140. The second-order valence-electron chi connectivity index (χ2n) is 8.98. The van der Waals surface area contributed by atoms with Crippen LogP contribution in [-0.4, -0.2) is 25.0 Å². The summed E-state index contributed by atoms with van der Waals surface area (Å²) in [5.41, 5.74) is 3.48. The zero-order valence-corrected chi connectivity index (χ0v) is 20.9. The molecular weight excluding hydrogens is 444 g/mol. The van der Waals surface area contributed by atoms with Crippen molar-refractivity contribution in [1.82, 2.24) is 5.32 Å².